The van der Waals surface area contributed by atoms with Crippen LogP contribution in [0.3, 0.4) is 0 Å². The molecule has 236 valence electrons. The Balaban J connectivity index is 1.60. The van der Waals surface area contributed by atoms with Gasteiger partial charge in [0.1, 0.15) is 6.04 Å². The third kappa shape index (κ3) is 9.92. The van der Waals surface area contributed by atoms with E-state index in [1.54, 1.807) is 4.90 Å². The van der Waals surface area contributed by atoms with Crippen molar-refractivity contribution in [2.75, 3.05) is 17.1 Å². The Labute approximate surface area is 271 Å². The average molecular weight is 683 g/mol. The standard InChI is InChI=1S/C35H44BrN3O4S/c1-26-20-27(2)22-32(21-26)39(44(3,42)43)19-11-18-34(40)38(25-29-14-10-15-30(36)23-29)33(24-28-12-6-4-7-13-28)35(41)37-31-16-8-5-9-17-31/h4,6-7,10,12-15,20-23,31,33H,5,8-9,11,16-19,24-25H2,1-3H3,(H,37,41)/t33-/m0/s1. The Morgan fingerprint density at radius 1 is 0.909 bits per heavy atom. The largest absolute Gasteiger partial charge is 0.352 e. The molecular weight excluding hydrogens is 638 g/mol. The van der Waals surface area contributed by atoms with E-state index in [9.17, 15) is 18.0 Å². The van der Waals surface area contributed by atoms with E-state index < -0.39 is 16.1 Å². The number of halogens is 1. The number of anilines is 1. The third-order valence-corrected chi connectivity index (χ3v) is 9.80. The second-order valence-electron chi connectivity index (χ2n) is 12.0. The van der Waals surface area contributed by atoms with Gasteiger partial charge in [0.05, 0.1) is 11.9 Å². The number of amides is 2. The number of rotatable bonds is 13. The Morgan fingerprint density at radius 2 is 1.57 bits per heavy atom. The van der Waals surface area contributed by atoms with Crippen LogP contribution in [0, 0.1) is 13.8 Å². The zero-order valence-electron chi connectivity index (χ0n) is 26.0. The quantitative estimate of drug-likeness (QED) is 0.218. The highest BCUT2D eigenvalue weighted by atomic mass is 79.9. The van der Waals surface area contributed by atoms with Crippen molar-refractivity contribution in [3.05, 3.63) is 99.5 Å². The molecule has 0 aliphatic heterocycles. The van der Waals surface area contributed by atoms with Crippen LogP contribution in [-0.2, 0) is 32.6 Å². The SMILES string of the molecule is Cc1cc(C)cc(N(CCCC(=O)N(Cc2cccc(Br)c2)[C@@H](Cc2ccccc2)C(=O)NC2CCCCC2)S(C)(=O)=O)c1. The van der Waals surface area contributed by atoms with Crippen molar-refractivity contribution in [1.82, 2.24) is 10.2 Å². The van der Waals surface area contributed by atoms with Crippen molar-refractivity contribution in [3.8, 4) is 0 Å². The van der Waals surface area contributed by atoms with Crippen molar-refractivity contribution in [2.24, 2.45) is 0 Å². The maximum absolute atomic E-state index is 14.1. The predicted molar refractivity (Wildman–Crippen MR) is 181 cm³/mol. The zero-order valence-corrected chi connectivity index (χ0v) is 28.4. The van der Waals surface area contributed by atoms with Gasteiger partial charge in [0.25, 0.3) is 0 Å². The summed E-state index contributed by atoms with van der Waals surface area (Å²) in [6.45, 7) is 4.30. The highest BCUT2D eigenvalue weighted by molar-refractivity contribution is 9.10. The number of sulfonamides is 1. The van der Waals surface area contributed by atoms with Gasteiger partial charge in [-0.05, 0) is 79.6 Å². The maximum Gasteiger partial charge on any atom is 0.243 e. The van der Waals surface area contributed by atoms with Crippen molar-refractivity contribution in [1.29, 1.82) is 0 Å². The van der Waals surface area contributed by atoms with E-state index in [1.807, 2.05) is 86.6 Å². The Morgan fingerprint density at radius 3 is 2.20 bits per heavy atom. The van der Waals surface area contributed by atoms with Crippen molar-refractivity contribution >= 4 is 43.5 Å². The molecule has 1 atom stereocenters. The number of hydrogen-bond donors (Lipinski definition) is 1. The highest BCUT2D eigenvalue weighted by Gasteiger charge is 2.32. The topological polar surface area (TPSA) is 86.8 Å². The summed E-state index contributed by atoms with van der Waals surface area (Å²) in [5.41, 5.74) is 4.42. The van der Waals surface area contributed by atoms with Gasteiger partial charge in [-0.1, -0.05) is 83.7 Å². The number of benzene rings is 3. The summed E-state index contributed by atoms with van der Waals surface area (Å²) < 4.78 is 27.9. The van der Waals surface area contributed by atoms with Gasteiger partial charge >= 0.3 is 0 Å². The van der Waals surface area contributed by atoms with Gasteiger partial charge in [0.15, 0.2) is 0 Å². The van der Waals surface area contributed by atoms with Crippen molar-refractivity contribution in [3.63, 3.8) is 0 Å². The number of hydrogen-bond acceptors (Lipinski definition) is 4. The zero-order chi connectivity index (χ0) is 31.7. The molecule has 7 nitrogen and oxygen atoms in total. The summed E-state index contributed by atoms with van der Waals surface area (Å²) in [7, 11) is -3.57. The van der Waals surface area contributed by atoms with E-state index >= 15 is 0 Å². The van der Waals surface area contributed by atoms with Crippen LogP contribution in [0.4, 0.5) is 5.69 Å². The summed E-state index contributed by atoms with van der Waals surface area (Å²) in [6, 6.07) is 22.7. The van der Waals surface area contributed by atoms with Crippen LogP contribution < -0.4 is 9.62 Å². The summed E-state index contributed by atoms with van der Waals surface area (Å²) in [6.07, 6.45) is 7.25. The Bertz CT molecular complexity index is 1500. The molecule has 3 aromatic carbocycles. The molecule has 2 amide bonds. The van der Waals surface area contributed by atoms with Gasteiger partial charge in [-0.2, -0.15) is 0 Å². The van der Waals surface area contributed by atoms with E-state index in [4.69, 9.17) is 0 Å². The lowest BCUT2D eigenvalue weighted by molar-refractivity contribution is -0.141. The van der Waals surface area contributed by atoms with Crippen LogP contribution in [0.2, 0.25) is 0 Å². The molecule has 1 fully saturated rings. The first kappa shape index (κ1) is 33.7. The van der Waals surface area contributed by atoms with E-state index in [0.29, 0.717) is 18.5 Å². The van der Waals surface area contributed by atoms with Crippen molar-refractivity contribution < 1.29 is 18.0 Å². The molecule has 0 saturated heterocycles. The predicted octanol–water partition coefficient (Wildman–Crippen LogP) is 6.70. The molecule has 3 aromatic rings. The van der Waals surface area contributed by atoms with Crippen LogP contribution in [0.5, 0.6) is 0 Å². The fourth-order valence-electron chi connectivity index (χ4n) is 6.03. The molecule has 0 aromatic heterocycles. The molecule has 0 heterocycles. The first-order valence-electron chi connectivity index (χ1n) is 15.4. The minimum atomic E-state index is -3.57. The molecule has 0 unspecified atom stereocenters. The average Bonchev–Trinajstić information content (AvgIpc) is 2.97. The minimum Gasteiger partial charge on any atom is -0.352 e. The van der Waals surface area contributed by atoms with Crippen molar-refractivity contribution in [2.45, 2.75) is 83.8 Å². The molecule has 0 bridgehead atoms. The Hall–Kier alpha value is -3.17. The molecule has 0 spiro atoms. The lowest BCUT2D eigenvalue weighted by Crippen LogP contribution is -2.52. The lowest BCUT2D eigenvalue weighted by atomic mass is 9.94. The highest BCUT2D eigenvalue weighted by Crippen LogP contribution is 2.24. The fraction of sp³-hybridized carbons (Fsp3) is 0.429. The monoisotopic (exact) mass is 681 g/mol. The molecule has 4 rings (SSSR count). The molecule has 9 heteroatoms. The number of nitrogens with zero attached hydrogens (tertiary/aromatic N) is 2. The van der Waals surface area contributed by atoms with Crippen LogP contribution in [-0.4, -0.2) is 50.0 Å². The minimum absolute atomic E-state index is 0.104. The smallest absolute Gasteiger partial charge is 0.243 e. The van der Waals surface area contributed by atoms with E-state index in [1.165, 1.54) is 17.0 Å². The normalized spacial score (nSPS) is 14.5. The van der Waals surface area contributed by atoms with E-state index in [0.717, 1.165) is 52.4 Å². The number of nitrogens with one attached hydrogen (secondary N) is 1. The van der Waals surface area contributed by atoms with Gasteiger partial charge < -0.3 is 10.2 Å². The summed E-state index contributed by atoms with van der Waals surface area (Å²) in [4.78, 5) is 29.8. The number of carbonyl (C=O) groups excluding carboxylic acids is 2. The summed E-state index contributed by atoms with van der Waals surface area (Å²) >= 11 is 3.54. The fourth-order valence-corrected chi connectivity index (χ4v) is 7.42. The van der Waals surface area contributed by atoms with Crippen LogP contribution in [0.15, 0.2) is 77.3 Å². The maximum atomic E-state index is 14.1. The van der Waals surface area contributed by atoms with Gasteiger partial charge in [0, 0.05) is 36.4 Å². The van der Waals surface area contributed by atoms with Gasteiger partial charge in [-0.25, -0.2) is 8.42 Å². The molecule has 0 radical (unpaired) electrons. The van der Waals surface area contributed by atoms with E-state index in [-0.39, 0.29) is 37.4 Å². The summed E-state index contributed by atoms with van der Waals surface area (Å²) in [5, 5.41) is 3.27. The second kappa shape index (κ2) is 15.7. The van der Waals surface area contributed by atoms with Gasteiger partial charge in [-0.15, -0.1) is 0 Å². The molecule has 1 aliphatic rings. The summed E-state index contributed by atoms with van der Waals surface area (Å²) in [5.74, 6) is -0.323. The molecular formula is C35H44BrN3O4S. The Kier molecular flexibility index (Phi) is 12.0. The van der Waals surface area contributed by atoms with Crippen LogP contribution in [0.1, 0.15) is 67.2 Å². The first-order valence-corrected chi connectivity index (χ1v) is 18.1. The molecule has 1 N–H and O–H groups in total. The van der Waals surface area contributed by atoms with Crippen LogP contribution in [0.25, 0.3) is 0 Å². The number of aryl methyl sites for hydroxylation is 2. The first-order chi connectivity index (χ1) is 21.0. The van der Waals surface area contributed by atoms with E-state index in [2.05, 4.69) is 21.2 Å². The second-order valence-corrected chi connectivity index (χ2v) is 14.8. The van der Waals surface area contributed by atoms with Gasteiger partial charge in [0.2, 0.25) is 21.8 Å². The molecule has 44 heavy (non-hydrogen) atoms. The molecule has 1 aliphatic carbocycles. The molecule has 1 saturated carbocycles. The third-order valence-electron chi connectivity index (χ3n) is 8.11. The number of carbonyl (C=O) groups is 2. The van der Waals surface area contributed by atoms with Crippen LogP contribution >= 0.6 is 15.9 Å². The lowest BCUT2D eigenvalue weighted by Gasteiger charge is -2.34. The van der Waals surface area contributed by atoms with Gasteiger partial charge in [-0.3, -0.25) is 13.9 Å².